The summed E-state index contributed by atoms with van der Waals surface area (Å²) in [4.78, 5) is 3.47. The minimum Gasteiger partial charge on any atom is -0.273 e. The van der Waals surface area contributed by atoms with Gasteiger partial charge in [-0.25, -0.2) is 8.42 Å². The number of alkyl halides is 3. The molecule has 0 spiro atoms. The van der Waals surface area contributed by atoms with E-state index in [1.54, 1.807) is 0 Å². The Bertz CT molecular complexity index is 910. The molecule has 1 atom stereocenters. The van der Waals surface area contributed by atoms with E-state index in [1.165, 1.54) is 12.1 Å². The molecule has 0 fully saturated rings. The zero-order valence-electron chi connectivity index (χ0n) is 17.5. The molecule has 0 aliphatic carbocycles. The molecular formula is C18H28F3NO5S2. The van der Waals surface area contributed by atoms with Crippen molar-refractivity contribution in [3.8, 4) is 0 Å². The van der Waals surface area contributed by atoms with Gasteiger partial charge in [-0.15, -0.1) is 0 Å². The first-order valence-corrected chi connectivity index (χ1v) is 11.6. The summed E-state index contributed by atoms with van der Waals surface area (Å²) >= 11 is 0. The summed E-state index contributed by atoms with van der Waals surface area (Å²) in [5.74, 6) is 0.0386. The van der Waals surface area contributed by atoms with Gasteiger partial charge >= 0.3 is 15.5 Å². The molecule has 1 aromatic rings. The van der Waals surface area contributed by atoms with Crippen LogP contribution in [0.5, 0.6) is 0 Å². The highest BCUT2D eigenvalue weighted by Gasteiger charge is 2.55. The van der Waals surface area contributed by atoms with E-state index in [0.29, 0.717) is 7.11 Å². The van der Waals surface area contributed by atoms with Gasteiger partial charge in [0.15, 0.2) is 0 Å². The third kappa shape index (κ3) is 5.93. The predicted molar refractivity (Wildman–Crippen MR) is 104 cm³/mol. The van der Waals surface area contributed by atoms with Gasteiger partial charge in [-0.2, -0.15) is 21.6 Å². The lowest BCUT2D eigenvalue weighted by molar-refractivity contribution is -0.0647. The van der Waals surface area contributed by atoms with Crippen LogP contribution in [-0.2, 0) is 24.9 Å². The lowest BCUT2D eigenvalue weighted by atomic mass is 9.69. The third-order valence-electron chi connectivity index (χ3n) is 4.28. The summed E-state index contributed by atoms with van der Waals surface area (Å²) < 4.78 is 85.5. The molecule has 0 N–H and O–H groups in total. The fourth-order valence-electron chi connectivity index (χ4n) is 2.90. The first kappa shape index (κ1) is 25.9. The molecule has 0 aliphatic rings. The van der Waals surface area contributed by atoms with E-state index in [4.69, 9.17) is 0 Å². The van der Waals surface area contributed by atoms with Crippen molar-refractivity contribution in [2.45, 2.75) is 64.3 Å². The van der Waals surface area contributed by atoms with Crippen molar-refractivity contribution < 1.29 is 34.8 Å². The molecular weight excluding hydrogens is 431 g/mol. The quantitative estimate of drug-likeness (QED) is 0.578. The maximum Gasteiger partial charge on any atom is 0.514 e. The number of rotatable bonds is 6. The van der Waals surface area contributed by atoms with Crippen LogP contribution in [-0.4, -0.2) is 33.3 Å². The van der Waals surface area contributed by atoms with Gasteiger partial charge in [0.25, 0.3) is 10.0 Å². The van der Waals surface area contributed by atoms with Crippen LogP contribution in [0.15, 0.2) is 29.2 Å². The van der Waals surface area contributed by atoms with E-state index < -0.39 is 34.3 Å². The molecule has 29 heavy (non-hydrogen) atoms. The zero-order chi connectivity index (χ0) is 23.1. The monoisotopic (exact) mass is 459 g/mol. The Kier molecular flexibility index (Phi) is 7.28. The lowest BCUT2D eigenvalue weighted by Crippen LogP contribution is -2.43. The van der Waals surface area contributed by atoms with E-state index in [1.807, 2.05) is 20.8 Å². The summed E-state index contributed by atoms with van der Waals surface area (Å²) in [6, 6.07) is 5.15. The highest BCUT2D eigenvalue weighted by atomic mass is 32.3. The Hall–Kier alpha value is -1.17. The Labute approximate surface area is 171 Å². The van der Waals surface area contributed by atoms with Crippen LogP contribution in [0.2, 0.25) is 0 Å². The highest BCUT2D eigenvalue weighted by Crippen LogP contribution is 2.43. The molecule has 0 radical (unpaired) electrons. The molecule has 0 bridgehead atoms. The molecule has 0 aliphatic heterocycles. The van der Waals surface area contributed by atoms with Crippen LogP contribution >= 0.6 is 0 Å². The van der Waals surface area contributed by atoms with E-state index in [9.17, 15) is 30.0 Å². The second kappa shape index (κ2) is 8.16. The van der Waals surface area contributed by atoms with Crippen LogP contribution in [0, 0.1) is 10.8 Å². The van der Waals surface area contributed by atoms with Gasteiger partial charge in [0.2, 0.25) is 0 Å². The Morgan fingerprint density at radius 3 is 1.69 bits per heavy atom. The topological polar surface area (TPSA) is 80.8 Å². The fourth-order valence-corrected chi connectivity index (χ4v) is 5.66. The number of sulfonamides is 2. The Balaban J connectivity index is 3.42. The standard InChI is InChI=1S/C18H28F3NO5S2/c1-16(2,3)12-15(17(4,5)6)13-8-10-14(11-9-13)28(23,24)22(27-7)29(25,26)18(19,20)21/h8-11,15H,12H2,1-7H3. The molecule has 1 unspecified atom stereocenters. The number of nitrogens with zero attached hydrogens (tertiary/aromatic N) is 1. The fraction of sp³-hybridized carbons (Fsp3) is 0.667. The van der Waals surface area contributed by atoms with Crippen molar-refractivity contribution in [2.75, 3.05) is 7.11 Å². The third-order valence-corrected chi connectivity index (χ3v) is 7.99. The second-order valence-corrected chi connectivity index (χ2v) is 12.8. The first-order valence-electron chi connectivity index (χ1n) is 8.76. The van der Waals surface area contributed by atoms with Crippen LogP contribution in [0.3, 0.4) is 0 Å². The zero-order valence-corrected chi connectivity index (χ0v) is 19.2. The van der Waals surface area contributed by atoms with Gasteiger partial charge in [0, 0.05) is 3.87 Å². The van der Waals surface area contributed by atoms with Gasteiger partial charge in [0.05, 0.1) is 12.0 Å². The van der Waals surface area contributed by atoms with Crippen molar-refractivity contribution in [3.05, 3.63) is 29.8 Å². The smallest absolute Gasteiger partial charge is 0.273 e. The van der Waals surface area contributed by atoms with Gasteiger partial charge < -0.3 is 0 Å². The van der Waals surface area contributed by atoms with Crippen molar-refractivity contribution in [2.24, 2.45) is 10.8 Å². The van der Waals surface area contributed by atoms with Crippen LogP contribution in [0.25, 0.3) is 0 Å². The molecule has 6 nitrogen and oxygen atoms in total. The molecule has 0 aromatic heterocycles. The van der Waals surface area contributed by atoms with Crippen molar-refractivity contribution in [1.82, 2.24) is 3.87 Å². The molecule has 0 saturated carbocycles. The molecule has 11 heteroatoms. The summed E-state index contributed by atoms with van der Waals surface area (Å²) in [7, 11) is -10.8. The Morgan fingerprint density at radius 1 is 0.931 bits per heavy atom. The van der Waals surface area contributed by atoms with Crippen molar-refractivity contribution in [3.63, 3.8) is 0 Å². The lowest BCUT2D eigenvalue weighted by Gasteiger charge is -2.36. The summed E-state index contributed by atoms with van der Waals surface area (Å²) in [5.41, 5.74) is -5.21. The highest BCUT2D eigenvalue weighted by molar-refractivity contribution is 8.04. The average molecular weight is 460 g/mol. The van der Waals surface area contributed by atoms with Crippen LogP contribution < -0.4 is 0 Å². The number of hydrogen-bond donors (Lipinski definition) is 0. The summed E-state index contributed by atoms with van der Waals surface area (Å²) in [6.45, 7) is 12.3. The van der Waals surface area contributed by atoms with Crippen molar-refractivity contribution >= 4 is 20.0 Å². The molecule has 1 rings (SSSR count). The minimum absolute atomic E-state index is 0.0175. The van der Waals surface area contributed by atoms with Gasteiger partial charge in [0.1, 0.15) is 0 Å². The number of halogens is 3. The van der Waals surface area contributed by atoms with E-state index >= 15 is 0 Å². The van der Waals surface area contributed by atoms with Crippen molar-refractivity contribution in [1.29, 1.82) is 0 Å². The second-order valence-electron chi connectivity index (χ2n) is 9.05. The van der Waals surface area contributed by atoms with E-state index in [-0.39, 0.29) is 16.7 Å². The maximum absolute atomic E-state index is 12.8. The summed E-state index contributed by atoms with van der Waals surface area (Å²) in [6.07, 6.45) is 0.787. The van der Waals surface area contributed by atoms with Crippen LogP contribution in [0.4, 0.5) is 13.2 Å². The first-order chi connectivity index (χ1) is 12.7. The largest absolute Gasteiger partial charge is 0.514 e. The normalized spacial score (nSPS) is 15.6. The van der Waals surface area contributed by atoms with Crippen LogP contribution in [0.1, 0.15) is 59.4 Å². The Morgan fingerprint density at radius 2 is 1.38 bits per heavy atom. The predicted octanol–water partition coefficient (Wildman–Crippen LogP) is 4.65. The molecule has 0 amide bonds. The molecule has 1 aromatic carbocycles. The average Bonchev–Trinajstić information content (AvgIpc) is 2.50. The number of benzene rings is 1. The van der Waals surface area contributed by atoms with E-state index in [2.05, 4.69) is 25.6 Å². The van der Waals surface area contributed by atoms with E-state index in [0.717, 1.165) is 24.1 Å². The maximum atomic E-state index is 12.8. The number of hydrogen-bond acceptors (Lipinski definition) is 5. The van der Waals surface area contributed by atoms with Gasteiger partial charge in [-0.3, -0.25) is 4.84 Å². The van der Waals surface area contributed by atoms with Gasteiger partial charge in [-0.1, -0.05) is 53.7 Å². The molecule has 168 valence electrons. The SMILES string of the molecule is CON(S(=O)(=O)c1ccc(C(CC(C)(C)C)C(C)(C)C)cc1)S(=O)(=O)C(F)(F)F. The molecule has 0 heterocycles. The molecule has 0 saturated heterocycles. The van der Waals surface area contributed by atoms with Gasteiger partial charge in [-0.05, 0) is 40.9 Å². The minimum atomic E-state index is -6.24. The summed E-state index contributed by atoms with van der Waals surface area (Å²) in [5, 5.41) is 0.